The van der Waals surface area contributed by atoms with E-state index in [1.54, 1.807) is 13.8 Å². The van der Waals surface area contributed by atoms with Crippen LogP contribution in [0.25, 0.3) is 0 Å². The van der Waals surface area contributed by atoms with Crippen molar-refractivity contribution in [2.24, 2.45) is 0 Å². The largest absolute Gasteiger partial charge is 0.325 e. The van der Waals surface area contributed by atoms with Gasteiger partial charge in [-0.25, -0.2) is 4.79 Å². The van der Waals surface area contributed by atoms with E-state index in [-0.39, 0.29) is 11.9 Å². The Balaban J connectivity index is 2.70. The van der Waals surface area contributed by atoms with Gasteiger partial charge in [-0.1, -0.05) is 0 Å². The lowest BCUT2D eigenvalue weighted by Gasteiger charge is -2.33. The van der Waals surface area contributed by atoms with Crippen molar-refractivity contribution in [3.63, 3.8) is 0 Å². The second-order valence-electron chi connectivity index (χ2n) is 6.02. The number of imide groups is 1. The van der Waals surface area contributed by atoms with Crippen molar-refractivity contribution >= 4 is 11.9 Å². The lowest BCUT2D eigenvalue weighted by molar-refractivity contribution is -0.908. The van der Waals surface area contributed by atoms with E-state index in [1.165, 1.54) is 4.90 Å². The summed E-state index contributed by atoms with van der Waals surface area (Å²) < 4.78 is 0.413. The Bertz CT molecular complexity index is 531. The summed E-state index contributed by atoms with van der Waals surface area (Å²) in [7, 11) is 0. The predicted molar refractivity (Wildman–Crippen MR) is 85.2 cm³/mol. The van der Waals surface area contributed by atoms with Gasteiger partial charge in [-0.15, -0.1) is 19.3 Å². The van der Waals surface area contributed by atoms with E-state index < -0.39 is 5.54 Å². The van der Waals surface area contributed by atoms with Crippen molar-refractivity contribution in [1.29, 1.82) is 0 Å². The molecule has 0 radical (unpaired) electrons. The molecule has 1 aliphatic heterocycles. The van der Waals surface area contributed by atoms with Gasteiger partial charge in [-0.05, 0) is 31.6 Å². The Morgan fingerprint density at radius 2 is 1.59 bits per heavy atom. The Morgan fingerprint density at radius 3 is 1.95 bits per heavy atom. The van der Waals surface area contributed by atoms with Crippen molar-refractivity contribution in [1.82, 2.24) is 10.2 Å². The van der Waals surface area contributed by atoms with Gasteiger partial charge in [0.05, 0.1) is 6.54 Å². The third kappa shape index (κ3) is 3.82. The Hall–Kier alpha value is -2.42. The quantitative estimate of drug-likeness (QED) is 0.421. The van der Waals surface area contributed by atoms with Crippen LogP contribution in [0.5, 0.6) is 0 Å². The van der Waals surface area contributed by atoms with Gasteiger partial charge >= 0.3 is 6.03 Å². The zero-order valence-electron chi connectivity index (χ0n) is 13.2. The molecule has 0 saturated carbocycles. The molecule has 0 spiro atoms. The zero-order valence-corrected chi connectivity index (χ0v) is 13.2. The number of carbonyl (C=O) groups is 2. The molecule has 1 fully saturated rings. The maximum absolute atomic E-state index is 12.1. The predicted octanol–water partition coefficient (Wildman–Crippen LogP) is 0.423. The first-order valence-electron chi connectivity index (χ1n) is 7.11. The summed E-state index contributed by atoms with van der Waals surface area (Å²) in [5.74, 6) is 7.60. The lowest BCUT2D eigenvalue weighted by atomic mass is 10.1. The van der Waals surface area contributed by atoms with Crippen LogP contribution in [-0.4, -0.2) is 59.6 Å². The molecule has 0 unspecified atom stereocenters. The summed E-state index contributed by atoms with van der Waals surface area (Å²) in [5, 5.41) is 2.65. The van der Waals surface area contributed by atoms with Gasteiger partial charge in [0.2, 0.25) is 0 Å². The molecule has 5 heteroatoms. The minimum Gasteiger partial charge on any atom is -0.324 e. The van der Waals surface area contributed by atoms with E-state index in [0.717, 1.165) is 0 Å². The fourth-order valence-corrected chi connectivity index (χ4v) is 2.57. The molecule has 0 bridgehead atoms. The average molecular weight is 300 g/mol. The summed E-state index contributed by atoms with van der Waals surface area (Å²) in [6.07, 6.45) is 16.8. The summed E-state index contributed by atoms with van der Waals surface area (Å²) in [6.45, 7) is 5.61. The number of carbonyl (C=O) groups excluding carboxylic acids is 2. The molecule has 0 aromatic carbocycles. The summed E-state index contributed by atoms with van der Waals surface area (Å²) in [4.78, 5) is 25.2. The second kappa shape index (κ2) is 7.03. The van der Waals surface area contributed by atoms with Crippen LogP contribution in [0.2, 0.25) is 0 Å². The van der Waals surface area contributed by atoms with Gasteiger partial charge in [-0.2, -0.15) is 0 Å². The first-order chi connectivity index (χ1) is 10.3. The molecule has 1 heterocycles. The van der Waals surface area contributed by atoms with Crippen LogP contribution in [0, 0.1) is 37.0 Å². The minimum atomic E-state index is -0.848. The molecule has 5 nitrogen and oxygen atoms in total. The van der Waals surface area contributed by atoms with Crippen molar-refractivity contribution < 1.29 is 14.1 Å². The number of quaternary nitrogens is 1. The third-order valence-corrected chi connectivity index (χ3v) is 3.74. The molecule has 0 aliphatic carbocycles. The van der Waals surface area contributed by atoms with Crippen LogP contribution in [0.4, 0.5) is 4.79 Å². The molecule has 1 rings (SSSR count). The van der Waals surface area contributed by atoms with E-state index in [1.807, 2.05) is 0 Å². The number of amides is 3. The SMILES string of the molecule is C#CC[N+](CC#C)(CC#C)CCCN1C(=O)NC(C)(C)C1=O. The molecular weight excluding hydrogens is 278 g/mol. The Labute approximate surface area is 132 Å². The third-order valence-electron chi connectivity index (χ3n) is 3.74. The molecule has 22 heavy (non-hydrogen) atoms. The maximum Gasteiger partial charge on any atom is 0.325 e. The molecule has 0 aromatic rings. The number of nitrogens with one attached hydrogen (secondary N) is 1. The highest BCUT2D eigenvalue weighted by Crippen LogP contribution is 2.17. The second-order valence-corrected chi connectivity index (χ2v) is 6.02. The first kappa shape index (κ1) is 17.6. The number of hydrogen-bond donors (Lipinski definition) is 1. The van der Waals surface area contributed by atoms with Crippen LogP contribution < -0.4 is 5.32 Å². The Morgan fingerprint density at radius 1 is 1.09 bits per heavy atom. The first-order valence-corrected chi connectivity index (χ1v) is 7.11. The highest BCUT2D eigenvalue weighted by Gasteiger charge is 2.44. The number of nitrogens with zero attached hydrogens (tertiary/aromatic N) is 2. The van der Waals surface area contributed by atoms with E-state index in [4.69, 9.17) is 19.3 Å². The van der Waals surface area contributed by atoms with Gasteiger partial charge < -0.3 is 5.32 Å². The van der Waals surface area contributed by atoms with Gasteiger partial charge in [-0.3, -0.25) is 14.2 Å². The number of hydrogen-bond acceptors (Lipinski definition) is 2. The lowest BCUT2D eigenvalue weighted by Crippen LogP contribution is -2.50. The van der Waals surface area contributed by atoms with E-state index in [9.17, 15) is 9.59 Å². The summed E-state index contributed by atoms with van der Waals surface area (Å²) >= 11 is 0. The molecule has 1 saturated heterocycles. The van der Waals surface area contributed by atoms with Gasteiger partial charge in [0.15, 0.2) is 0 Å². The van der Waals surface area contributed by atoms with Crippen molar-refractivity contribution in [2.75, 3.05) is 32.7 Å². The van der Waals surface area contributed by atoms with Crippen molar-refractivity contribution in [3.05, 3.63) is 0 Å². The summed E-state index contributed by atoms with van der Waals surface area (Å²) in [5.41, 5.74) is -0.848. The van der Waals surface area contributed by atoms with Gasteiger partial charge in [0.25, 0.3) is 5.91 Å². The van der Waals surface area contributed by atoms with E-state index in [2.05, 4.69) is 23.1 Å². The Kier molecular flexibility index (Phi) is 5.63. The van der Waals surface area contributed by atoms with Crippen molar-refractivity contribution in [3.8, 4) is 37.0 Å². The zero-order chi connectivity index (χ0) is 16.8. The molecule has 3 amide bonds. The minimum absolute atomic E-state index is 0.221. The number of rotatable bonds is 7. The van der Waals surface area contributed by atoms with Gasteiger partial charge in [0, 0.05) is 13.0 Å². The van der Waals surface area contributed by atoms with Crippen LogP contribution >= 0.6 is 0 Å². The fraction of sp³-hybridized carbons (Fsp3) is 0.529. The standard InChI is InChI=1S/C17H21N3O2/c1-6-11-20(12-7-2,13-8-3)14-9-10-19-15(21)17(4,5)18-16(19)22/h1-3H,9-14H2,4-5H3/p+1. The van der Waals surface area contributed by atoms with Crippen LogP contribution in [0.1, 0.15) is 20.3 Å². The highest BCUT2D eigenvalue weighted by atomic mass is 16.2. The topological polar surface area (TPSA) is 49.4 Å². The van der Waals surface area contributed by atoms with Gasteiger partial charge in [0.1, 0.15) is 25.2 Å². The molecule has 116 valence electrons. The highest BCUT2D eigenvalue weighted by molar-refractivity contribution is 6.06. The van der Waals surface area contributed by atoms with E-state index in [0.29, 0.717) is 43.6 Å². The van der Waals surface area contributed by atoms with Crippen LogP contribution in [0.3, 0.4) is 0 Å². The van der Waals surface area contributed by atoms with Crippen LogP contribution in [-0.2, 0) is 4.79 Å². The average Bonchev–Trinajstić information content (AvgIpc) is 2.61. The molecule has 1 aliphatic rings. The number of urea groups is 1. The van der Waals surface area contributed by atoms with E-state index >= 15 is 0 Å². The molecule has 0 atom stereocenters. The molecule has 0 aromatic heterocycles. The maximum atomic E-state index is 12.1. The fourth-order valence-electron chi connectivity index (χ4n) is 2.57. The normalized spacial score (nSPS) is 16.6. The monoisotopic (exact) mass is 300 g/mol. The molecule has 1 N–H and O–H groups in total. The van der Waals surface area contributed by atoms with Crippen molar-refractivity contribution in [2.45, 2.75) is 25.8 Å². The summed E-state index contributed by atoms with van der Waals surface area (Å²) in [6, 6.07) is -0.362. The van der Waals surface area contributed by atoms with Crippen LogP contribution in [0.15, 0.2) is 0 Å². The number of terminal acetylenes is 3. The molecular formula is C17H22N3O2+. The smallest absolute Gasteiger partial charge is 0.324 e.